The number of nitrogens with one attached hydrogen (secondary N) is 2. The average molecular weight is 392 g/mol. The Hall–Kier alpha value is -3.52. The first-order chi connectivity index (χ1) is 14.1. The van der Waals surface area contributed by atoms with Gasteiger partial charge in [-0.2, -0.15) is 0 Å². The van der Waals surface area contributed by atoms with Gasteiger partial charge in [0.25, 0.3) is 0 Å². The predicted octanol–water partition coefficient (Wildman–Crippen LogP) is 3.44. The van der Waals surface area contributed by atoms with E-state index in [1.165, 1.54) is 4.90 Å². The van der Waals surface area contributed by atoms with Gasteiger partial charge in [0, 0.05) is 55.7 Å². The zero-order valence-electron chi connectivity index (χ0n) is 16.5. The zero-order valence-corrected chi connectivity index (χ0v) is 16.5. The quantitative estimate of drug-likeness (QED) is 0.569. The number of anilines is 3. The number of carbonyl (C=O) groups is 1. The van der Waals surface area contributed by atoms with E-state index in [2.05, 4.69) is 25.6 Å². The Bertz CT molecular complexity index is 964. The molecule has 2 aromatic heterocycles. The third-order valence-electron chi connectivity index (χ3n) is 4.35. The smallest absolute Gasteiger partial charge is 0.321 e. The molecule has 0 bridgehead atoms. The number of aliphatic hydroxyl groups excluding tert-OH is 1. The first-order valence-corrected chi connectivity index (χ1v) is 9.31. The molecule has 0 saturated heterocycles. The molecule has 0 spiro atoms. The first-order valence-electron chi connectivity index (χ1n) is 9.31. The van der Waals surface area contributed by atoms with Crippen LogP contribution in [0.4, 0.5) is 22.1 Å². The molecule has 0 aliphatic rings. The molecular weight excluding hydrogens is 368 g/mol. The lowest BCUT2D eigenvalue weighted by molar-refractivity contribution is 0.214. The average Bonchev–Trinajstić information content (AvgIpc) is 2.75. The number of rotatable bonds is 7. The number of hydrogen-bond acceptors (Lipinski definition) is 6. The molecule has 8 heteroatoms. The first kappa shape index (κ1) is 20.2. The molecule has 3 rings (SSSR count). The van der Waals surface area contributed by atoms with Gasteiger partial charge in [-0.1, -0.05) is 6.07 Å². The second-order valence-electron chi connectivity index (χ2n) is 6.59. The fraction of sp³-hybridized carbons (Fsp3) is 0.238. The number of amides is 2. The van der Waals surface area contributed by atoms with Gasteiger partial charge in [-0.15, -0.1) is 0 Å². The van der Waals surface area contributed by atoms with E-state index >= 15 is 0 Å². The van der Waals surface area contributed by atoms with Crippen molar-refractivity contribution >= 4 is 23.4 Å². The molecule has 3 aromatic rings. The second-order valence-corrected chi connectivity index (χ2v) is 6.59. The molecule has 150 valence electrons. The molecule has 0 saturated carbocycles. The molecule has 3 N–H and O–H groups in total. The second kappa shape index (κ2) is 9.61. The number of aryl methyl sites for hydroxylation is 1. The van der Waals surface area contributed by atoms with Crippen LogP contribution in [0.25, 0.3) is 11.3 Å². The number of urea groups is 1. The monoisotopic (exact) mass is 392 g/mol. The highest BCUT2D eigenvalue weighted by atomic mass is 16.3. The van der Waals surface area contributed by atoms with Crippen molar-refractivity contribution in [1.82, 2.24) is 19.9 Å². The highest BCUT2D eigenvalue weighted by molar-refractivity contribution is 5.90. The standard InChI is InChI=1S/C21H24N6O2/c1-15-6-7-17(24-21(29)27(2)11-4-12-28)13-19(15)26-20-23-10-8-18(25-20)16-5-3-9-22-14-16/h3,5-10,13-14,28H,4,11-12H2,1-2H3,(H,24,29)(H,23,25,26). The lowest BCUT2D eigenvalue weighted by Gasteiger charge is -2.18. The summed E-state index contributed by atoms with van der Waals surface area (Å²) in [5.74, 6) is 0.456. The molecule has 0 radical (unpaired) electrons. The summed E-state index contributed by atoms with van der Waals surface area (Å²) in [6.45, 7) is 2.49. The summed E-state index contributed by atoms with van der Waals surface area (Å²) in [7, 11) is 1.69. The third-order valence-corrected chi connectivity index (χ3v) is 4.35. The van der Waals surface area contributed by atoms with Gasteiger partial charge in [0.15, 0.2) is 0 Å². The Morgan fingerprint density at radius 1 is 1.21 bits per heavy atom. The van der Waals surface area contributed by atoms with Crippen LogP contribution < -0.4 is 10.6 Å². The van der Waals surface area contributed by atoms with Crippen molar-refractivity contribution in [3.8, 4) is 11.3 Å². The molecule has 0 atom stereocenters. The lowest BCUT2D eigenvalue weighted by Crippen LogP contribution is -2.32. The van der Waals surface area contributed by atoms with Crippen LogP contribution in [0.5, 0.6) is 0 Å². The summed E-state index contributed by atoms with van der Waals surface area (Å²) < 4.78 is 0. The van der Waals surface area contributed by atoms with E-state index < -0.39 is 0 Å². The van der Waals surface area contributed by atoms with Crippen LogP contribution in [0.2, 0.25) is 0 Å². The Morgan fingerprint density at radius 2 is 2.07 bits per heavy atom. The molecule has 0 fully saturated rings. The van der Waals surface area contributed by atoms with Crippen molar-refractivity contribution in [3.63, 3.8) is 0 Å². The van der Waals surface area contributed by atoms with Crippen molar-refractivity contribution in [1.29, 1.82) is 0 Å². The number of nitrogens with zero attached hydrogens (tertiary/aromatic N) is 4. The molecule has 2 amide bonds. The highest BCUT2D eigenvalue weighted by Crippen LogP contribution is 2.24. The largest absolute Gasteiger partial charge is 0.396 e. The van der Waals surface area contributed by atoms with E-state index in [0.29, 0.717) is 24.6 Å². The van der Waals surface area contributed by atoms with Crippen molar-refractivity contribution in [2.45, 2.75) is 13.3 Å². The van der Waals surface area contributed by atoms with Crippen LogP contribution in [-0.2, 0) is 0 Å². The van der Waals surface area contributed by atoms with E-state index in [0.717, 1.165) is 22.5 Å². The maximum Gasteiger partial charge on any atom is 0.321 e. The molecule has 8 nitrogen and oxygen atoms in total. The van der Waals surface area contributed by atoms with Gasteiger partial charge in [0.2, 0.25) is 5.95 Å². The molecule has 0 unspecified atom stereocenters. The summed E-state index contributed by atoms with van der Waals surface area (Å²) in [4.78, 5) is 26.8. The summed E-state index contributed by atoms with van der Waals surface area (Å²) >= 11 is 0. The van der Waals surface area contributed by atoms with E-state index in [-0.39, 0.29) is 12.6 Å². The van der Waals surface area contributed by atoms with Crippen LogP contribution in [0.15, 0.2) is 55.0 Å². The van der Waals surface area contributed by atoms with E-state index in [1.807, 2.05) is 43.3 Å². The van der Waals surface area contributed by atoms with Gasteiger partial charge in [-0.25, -0.2) is 14.8 Å². The lowest BCUT2D eigenvalue weighted by atomic mass is 10.2. The van der Waals surface area contributed by atoms with Gasteiger partial charge in [-0.05, 0) is 49.2 Å². The molecular formula is C21H24N6O2. The summed E-state index contributed by atoms with van der Waals surface area (Å²) in [5, 5.41) is 15.0. The molecule has 29 heavy (non-hydrogen) atoms. The van der Waals surface area contributed by atoms with Crippen molar-refractivity contribution in [2.75, 3.05) is 30.8 Å². The number of hydrogen-bond donors (Lipinski definition) is 3. The van der Waals surface area contributed by atoms with Crippen LogP contribution in [-0.4, -0.2) is 51.2 Å². The van der Waals surface area contributed by atoms with Crippen LogP contribution in [0.3, 0.4) is 0 Å². The van der Waals surface area contributed by atoms with E-state index in [1.54, 1.807) is 25.6 Å². The maximum absolute atomic E-state index is 12.3. The third kappa shape index (κ3) is 5.49. The molecule has 0 aliphatic heterocycles. The zero-order chi connectivity index (χ0) is 20.6. The van der Waals surface area contributed by atoms with Crippen molar-refractivity contribution in [3.05, 3.63) is 60.6 Å². The van der Waals surface area contributed by atoms with Crippen LogP contribution >= 0.6 is 0 Å². The summed E-state index contributed by atoms with van der Waals surface area (Å²) in [5.41, 5.74) is 4.11. The Morgan fingerprint density at radius 3 is 2.83 bits per heavy atom. The minimum absolute atomic E-state index is 0.0499. The minimum Gasteiger partial charge on any atom is -0.396 e. The molecule has 2 heterocycles. The molecule has 1 aromatic carbocycles. The maximum atomic E-state index is 12.3. The van der Waals surface area contributed by atoms with Crippen LogP contribution in [0, 0.1) is 6.92 Å². The number of pyridine rings is 1. The highest BCUT2D eigenvalue weighted by Gasteiger charge is 2.10. The van der Waals surface area contributed by atoms with Gasteiger partial charge >= 0.3 is 6.03 Å². The Balaban J connectivity index is 1.75. The fourth-order valence-corrected chi connectivity index (χ4v) is 2.68. The number of benzene rings is 1. The SMILES string of the molecule is Cc1ccc(NC(=O)N(C)CCCO)cc1Nc1nccc(-c2cccnc2)n1. The fourth-order valence-electron chi connectivity index (χ4n) is 2.68. The van der Waals surface area contributed by atoms with E-state index in [9.17, 15) is 4.79 Å². The Labute approximate surface area is 169 Å². The molecule has 0 aliphatic carbocycles. The minimum atomic E-state index is -0.233. The van der Waals surface area contributed by atoms with Gasteiger partial charge in [0.1, 0.15) is 0 Å². The summed E-state index contributed by atoms with van der Waals surface area (Å²) in [6.07, 6.45) is 5.69. The predicted molar refractivity (Wildman–Crippen MR) is 113 cm³/mol. The number of carbonyl (C=O) groups excluding carboxylic acids is 1. The summed E-state index contributed by atoms with van der Waals surface area (Å²) in [6, 6.07) is 11.0. The van der Waals surface area contributed by atoms with Crippen LogP contribution in [0.1, 0.15) is 12.0 Å². The van der Waals surface area contributed by atoms with Gasteiger partial charge in [0.05, 0.1) is 5.69 Å². The normalized spacial score (nSPS) is 10.4. The van der Waals surface area contributed by atoms with Gasteiger partial charge in [-0.3, -0.25) is 4.98 Å². The number of aromatic nitrogens is 3. The van der Waals surface area contributed by atoms with Crippen molar-refractivity contribution in [2.24, 2.45) is 0 Å². The Kier molecular flexibility index (Phi) is 6.70. The van der Waals surface area contributed by atoms with Gasteiger partial charge < -0.3 is 20.6 Å². The topological polar surface area (TPSA) is 103 Å². The number of aliphatic hydroxyl groups is 1. The van der Waals surface area contributed by atoms with Crippen molar-refractivity contribution < 1.29 is 9.90 Å². The van der Waals surface area contributed by atoms with E-state index in [4.69, 9.17) is 5.11 Å².